The molecule has 148 valence electrons. The van der Waals surface area contributed by atoms with Gasteiger partial charge in [0, 0.05) is 22.4 Å². The Morgan fingerprint density at radius 2 is 1.50 bits per heavy atom. The number of pyridine rings is 2. The zero-order chi connectivity index (χ0) is 20.8. The second kappa shape index (κ2) is 13.4. The Bertz CT molecular complexity index is 844. The van der Waals surface area contributed by atoms with E-state index in [2.05, 4.69) is 37.7 Å². The predicted molar refractivity (Wildman–Crippen MR) is 109 cm³/mol. The molecule has 2 heterocycles. The van der Waals surface area contributed by atoms with Gasteiger partial charge in [0.15, 0.2) is 0 Å². The van der Waals surface area contributed by atoms with E-state index in [0.29, 0.717) is 24.6 Å². The number of carbonyl (C=O) groups excluding carboxylic acids is 2. The lowest BCUT2D eigenvalue weighted by molar-refractivity contribution is -0.143. The van der Waals surface area contributed by atoms with Gasteiger partial charge in [-0.1, -0.05) is 21.9 Å². The lowest BCUT2D eigenvalue weighted by Crippen LogP contribution is -2.08. The van der Waals surface area contributed by atoms with Crippen molar-refractivity contribution in [1.82, 2.24) is 9.97 Å². The first kappa shape index (κ1) is 23.3. The van der Waals surface area contributed by atoms with Crippen LogP contribution in [0.15, 0.2) is 41.1 Å². The topological polar surface area (TPSA) is 78.4 Å². The summed E-state index contributed by atoms with van der Waals surface area (Å²) >= 11 is 3.30. The molecule has 0 radical (unpaired) electrons. The molecule has 2 aromatic rings. The number of rotatable bonds is 6. The number of nitrogens with zero attached hydrogens (tertiary/aromatic N) is 2. The third kappa shape index (κ3) is 9.83. The van der Waals surface area contributed by atoms with Gasteiger partial charge in [-0.15, -0.1) is 5.92 Å². The highest BCUT2D eigenvalue weighted by Crippen LogP contribution is 2.09. The van der Waals surface area contributed by atoms with Crippen LogP contribution in [-0.4, -0.2) is 35.1 Å². The van der Waals surface area contributed by atoms with Gasteiger partial charge in [0.2, 0.25) is 0 Å². The average molecular weight is 447 g/mol. The molecule has 0 saturated heterocycles. The Morgan fingerprint density at radius 1 is 0.964 bits per heavy atom. The summed E-state index contributed by atoms with van der Waals surface area (Å²) in [5.74, 6) is 5.21. The summed E-state index contributed by atoms with van der Waals surface area (Å²) in [6.45, 7) is 6.14. The van der Waals surface area contributed by atoms with Crippen molar-refractivity contribution in [2.75, 3.05) is 13.2 Å². The van der Waals surface area contributed by atoms with Crippen molar-refractivity contribution in [1.29, 1.82) is 0 Å². The highest BCUT2D eigenvalue weighted by Gasteiger charge is 2.05. The minimum absolute atomic E-state index is 0.201. The maximum absolute atomic E-state index is 11.2. The maximum Gasteiger partial charge on any atom is 0.311 e. The van der Waals surface area contributed by atoms with Crippen LogP contribution in [0.4, 0.5) is 0 Å². The molecule has 0 bridgehead atoms. The minimum Gasteiger partial charge on any atom is -0.466 e. The van der Waals surface area contributed by atoms with Crippen LogP contribution < -0.4 is 0 Å². The first-order valence-electron chi connectivity index (χ1n) is 8.77. The fraction of sp³-hybridized carbons (Fsp3) is 0.333. The van der Waals surface area contributed by atoms with Crippen LogP contribution in [-0.2, 0) is 31.9 Å². The molecule has 0 amide bonds. The van der Waals surface area contributed by atoms with Crippen molar-refractivity contribution >= 4 is 27.9 Å². The lowest BCUT2D eigenvalue weighted by Gasteiger charge is -2.01. The number of aromatic nitrogens is 2. The zero-order valence-electron chi connectivity index (χ0n) is 16.2. The summed E-state index contributed by atoms with van der Waals surface area (Å²) in [6.07, 6.45) is 3.73. The molecule has 6 nitrogen and oxygen atoms in total. The second-order valence-electron chi connectivity index (χ2n) is 5.34. The predicted octanol–water partition coefficient (Wildman–Crippen LogP) is 3.51. The minimum atomic E-state index is -0.258. The molecule has 2 aromatic heterocycles. The van der Waals surface area contributed by atoms with E-state index in [1.165, 1.54) is 0 Å². The molecule has 0 spiro atoms. The van der Waals surface area contributed by atoms with Crippen molar-refractivity contribution in [2.24, 2.45) is 0 Å². The van der Waals surface area contributed by atoms with E-state index >= 15 is 0 Å². The number of hydrogen-bond donors (Lipinski definition) is 0. The van der Waals surface area contributed by atoms with Gasteiger partial charge in [0.1, 0.15) is 0 Å². The molecular weight excluding hydrogens is 424 g/mol. The standard InChI is InChI=1S/C12H13NO2.C9H10BrNO2/c1-3-5-10-6-7-13-11(8-10)9-12(14)15-4-2;1-2-13-9(12)6-8-5-7(10)3-4-11-8/h6-8H,4,9H2,1-2H3;3-5H,2,6H2,1H3. The normalized spacial score (nSPS) is 9.29. The zero-order valence-corrected chi connectivity index (χ0v) is 17.8. The molecule has 0 N–H and O–H groups in total. The van der Waals surface area contributed by atoms with Gasteiger partial charge in [-0.2, -0.15) is 0 Å². The first-order valence-corrected chi connectivity index (χ1v) is 9.57. The van der Waals surface area contributed by atoms with Crippen LogP contribution in [0.3, 0.4) is 0 Å². The summed E-state index contributed by atoms with van der Waals surface area (Å²) < 4.78 is 10.5. The van der Waals surface area contributed by atoms with Gasteiger partial charge < -0.3 is 9.47 Å². The van der Waals surface area contributed by atoms with E-state index in [1.54, 1.807) is 45.3 Å². The fourth-order valence-corrected chi connectivity index (χ4v) is 2.44. The molecule has 0 aliphatic heterocycles. The summed E-state index contributed by atoms with van der Waals surface area (Å²) in [5, 5.41) is 0. The monoisotopic (exact) mass is 446 g/mol. The largest absolute Gasteiger partial charge is 0.466 e. The van der Waals surface area contributed by atoms with E-state index in [0.717, 1.165) is 10.0 Å². The van der Waals surface area contributed by atoms with Gasteiger partial charge in [-0.3, -0.25) is 19.6 Å². The van der Waals surface area contributed by atoms with Crippen LogP contribution in [0.5, 0.6) is 0 Å². The quantitative estimate of drug-likeness (QED) is 0.498. The van der Waals surface area contributed by atoms with Gasteiger partial charge in [-0.05, 0) is 45.0 Å². The number of ether oxygens (including phenoxy) is 2. The van der Waals surface area contributed by atoms with Crippen molar-refractivity contribution < 1.29 is 19.1 Å². The van der Waals surface area contributed by atoms with Crippen molar-refractivity contribution in [3.8, 4) is 11.8 Å². The summed E-state index contributed by atoms with van der Waals surface area (Å²) in [5.41, 5.74) is 2.27. The SMILES string of the molecule is CC#Cc1ccnc(CC(=O)OCC)c1.CCOC(=O)Cc1cc(Br)ccn1. The molecule has 0 unspecified atom stereocenters. The third-order valence-electron chi connectivity index (χ3n) is 3.13. The molecule has 2 rings (SSSR count). The van der Waals surface area contributed by atoms with Crippen molar-refractivity contribution in [3.63, 3.8) is 0 Å². The van der Waals surface area contributed by atoms with Crippen molar-refractivity contribution in [2.45, 2.75) is 33.6 Å². The molecule has 0 atom stereocenters. The Balaban J connectivity index is 0.000000283. The van der Waals surface area contributed by atoms with Crippen LogP contribution in [0.1, 0.15) is 37.7 Å². The van der Waals surface area contributed by atoms with Gasteiger partial charge in [0.25, 0.3) is 0 Å². The highest BCUT2D eigenvalue weighted by atomic mass is 79.9. The second-order valence-corrected chi connectivity index (χ2v) is 6.26. The highest BCUT2D eigenvalue weighted by molar-refractivity contribution is 9.10. The van der Waals surface area contributed by atoms with Crippen LogP contribution >= 0.6 is 15.9 Å². The Labute approximate surface area is 173 Å². The maximum atomic E-state index is 11.2. The third-order valence-corrected chi connectivity index (χ3v) is 3.62. The smallest absolute Gasteiger partial charge is 0.311 e. The Morgan fingerprint density at radius 3 is 2.00 bits per heavy atom. The molecular formula is C21H23BrN2O4. The summed E-state index contributed by atoms with van der Waals surface area (Å²) in [4.78, 5) is 30.3. The van der Waals surface area contributed by atoms with E-state index in [4.69, 9.17) is 9.47 Å². The van der Waals surface area contributed by atoms with Gasteiger partial charge >= 0.3 is 11.9 Å². The number of halogens is 1. The van der Waals surface area contributed by atoms with E-state index in [-0.39, 0.29) is 24.8 Å². The molecule has 7 heteroatoms. The lowest BCUT2D eigenvalue weighted by atomic mass is 10.2. The molecule has 28 heavy (non-hydrogen) atoms. The van der Waals surface area contributed by atoms with Crippen LogP contribution in [0.2, 0.25) is 0 Å². The van der Waals surface area contributed by atoms with E-state index in [9.17, 15) is 9.59 Å². The molecule has 0 aliphatic carbocycles. The molecule has 0 saturated carbocycles. The number of esters is 2. The van der Waals surface area contributed by atoms with Crippen LogP contribution in [0, 0.1) is 11.8 Å². The molecule has 0 aliphatic rings. The average Bonchev–Trinajstić information content (AvgIpc) is 2.63. The number of hydrogen-bond acceptors (Lipinski definition) is 6. The Kier molecular flexibility index (Phi) is 11.2. The van der Waals surface area contributed by atoms with Crippen molar-refractivity contribution in [3.05, 3.63) is 58.1 Å². The first-order chi connectivity index (χ1) is 13.5. The summed E-state index contributed by atoms with van der Waals surface area (Å²) in [7, 11) is 0. The molecule has 0 aromatic carbocycles. The van der Waals surface area contributed by atoms with Gasteiger partial charge in [-0.25, -0.2) is 0 Å². The molecule has 0 fully saturated rings. The summed E-state index contributed by atoms with van der Waals surface area (Å²) in [6, 6.07) is 7.23. The fourth-order valence-electron chi connectivity index (χ4n) is 2.06. The van der Waals surface area contributed by atoms with E-state index in [1.807, 2.05) is 12.1 Å². The van der Waals surface area contributed by atoms with Crippen LogP contribution in [0.25, 0.3) is 0 Å². The number of carbonyl (C=O) groups is 2. The van der Waals surface area contributed by atoms with E-state index < -0.39 is 0 Å². The Hall–Kier alpha value is -2.72. The van der Waals surface area contributed by atoms with Gasteiger partial charge in [0.05, 0.1) is 37.4 Å².